The van der Waals surface area contributed by atoms with Crippen molar-refractivity contribution in [2.75, 3.05) is 0 Å². The SMILES string of the molecule is Cn1ccnc1C(NC(=O)CCc1nc(Cl)n[nH]1)C1CC1. The van der Waals surface area contributed by atoms with Crippen molar-refractivity contribution < 1.29 is 4.79 Å². The molecule has 2 aromatic heterocycles. The Hall–Kier alpha value is -1.89. The fourth-order valence-corrected chi connectivity index (χ4v) is 2.51. The fraction of sp³-hybridized carbons (Fsp3) is 0.538. The summed E-state index contributed by atoms with van der Waals surface area (Å²) in [4.78, 5) is 20.5. The fourth-order valence-electron chi connectivity index (χ4n) is 2.36. The average Bonchev–Trinajstić information content (AvgIpc) is 3.08. The van der Waals surface area contributed by atoms with E-state index in [0.717, 1.165) is 18.7 Å². The lowest BCUT2D eigenvalue weighted by atomic mass is 10.1. The standard InChI is InChI=1S/C13H17ClN6O/c1-20-7-6-15-12(20)11(8-2-3-8)17-10(21)5-4-9-16-13(14)19-18-9/h6-8,11H,2-5H2,1H3,(H,17,21)(H,16,18,19). The molecule has 1 saturated carbocycles. The lowest BCUT2D eigenvalue weighted by Crippen LogP contribution is -2.31. The van der Waals surface area contributed by atoms with Gasteiger partial charge in [-0.05, 0) is 30.4 Å². The number of aromatic nitrogens is 5. The van der Waals surface area contributed by atoms with Crippen LogP contribution in [0.3, 0.4) is 0 Å². The van der Waals surface area contributed by atoms with Crippen LogP contribution < -0.4 is 5.32 Å². The molecule has 2 heterocycles. The van der Waals surface area contributed by atoms with Crippen LogP contribution in [0.1, 0.15) is 37.0 Å². The smallest absolute Gasteiger partial charge is 0.242 e. The van der Waals surface area contributed by atoms with E-state index >= 15 is 0 Å². The number of aryl methyl sites for hydroxylation is 2. The molecular formula is C13H17ClN6O. The van der Waals surface area contributed by atoms with Crippen LogP contribution in [-0.4, -0.2) is 30.6 Å². The van der Waals surface area contributed by atoms with Crippen molar-refractivity contribution in [2.24, 2.45) is 13.0 Å². The van der Waals surface area contributed by atoms with Gasteiger partial charge in [0.25, 0.3) is 0 Å². The molecule has 1 fully saturated rings. The first-order valence-electron chi connectivity index (χ1n) is 6.97. The highest BCUT2D eigenvalue weighted by molar-refractivity contribution is 6.28. The number of hydrogen-bond donors (Lipinski definition) is 2. The highest BCUT2D eigenvalue weighted by Gasteiger charge is 2.35. The van der Waals surface area contributed by atoms with Crippen molar-refractivity contribution >= 4 is 17.5 Å². The molecule has 8 heteroatoms. The molecule has 3 rings (SSSR count). The van der Waals surface area contributed by atoms with E-state index in [1.165, 1.54) is 0 Å². The van der Waals surface area contributed by atoms with Gasteiger partial charge in [-0.25, -0.2) is 9.97 Å². The van der Waals surface area contributed by atoms with Gasteiger partial charge in [0.2, 0.25) is 11.2 Å². The summed E-state index contributed by atoms with van der Waals surface area (Å²) in [7, 11) is 1.94. The molecule has 0 bridgehead atoms. The minimum absolute atomic E-state index is 0.00388. The van der Waals surface area contributed by atoms with Crippen molar-refractivity contribution in [2.45, 2.75) is 31.7 Å². The number of H-pyrrole nitrogens is 1. The lowest BCUT2D eigenvalue weighted by molar-refractivity contribution is -0.122. The van der Waals surface area contributed by atoms with E-state index in [2.05, 4.69) is 25.5 Å². The molecule has 0 radical (unpaired) electrons. The molecule has 1 amide bonds. The Balaban J connectivity index is 1.58. The first-order chi connectivity index (χ1) is 10.1. The van der Waals surface area contributed by atoms with Crippen molar-refractivity contribution in [3.05, 3.63) is 29.3 Å². The predicted molar refractivity (Wildman–Crippen MR) is 76.5 cm³/mol. The first-order valence-corrected chi connectivity index (χ1v) is 7.34. The van der Waals surface area contributed by atoms with Gasteiger partial charge in [-0.2, -0.15) is 0 Å². The average molecular weight is 309 g/mol. The van der Waals surface area contributed by atoms with Gasteiger partial charge in [-0.3, -0.25) is 9.89 Å². The quantitative estimate of drug-likeness (QED) is 0.844. The zero-order valence-corrected chi connectivity index (χ0v) is 12.5. The summed E-state index contributed by atoms with van der Waals surface area (Å²) in [5, 5.41) is 9.68. The van der Waals surface area contributed by atoms with Crippen molar-refractivity contribution in [1.82, 2.24) is 30.0 Å². The van der Waals surface area contributed by atoms with Crippen LogP contribution >= 0.6 is 11.6 Å². The highest BCUT2D eigenvalue weighted by Crippen LogP contribution is 2.40. The number of nitrogens with one attached hydrogen (secondary N) is 2. The van der Waals surface area contributed by atoms with Gasteiger partial charge >= 0.3 is 0 Å². The minimum atomic E-state index is -0.0116. The number of amides is 1. The Labute approximate surface area is 127 Å². The van der Waals surface area contributed by atoms with Crippen LogP contribution in [-0.2, 0) is 18.3 Å². The van der Waals surface area contributed by atoms with Crippen LogP contribution in [0.25, 0.3) is 0 Å². The second-order valence-corrected chi connectivity index (χ2v) is 5.67. The second-order valence-electron chi connectivity index (χ2n) is 5.33. The van der Waals surface area contributed by atoms with E-state index < -0.39 is 0 Å². The molecule has 1 aliphatic carbocycles. The van der Waals surface area contributed by atoms with Crippen molar-refractivity contribution in [3.63, 3.8) is 0 Å². The number of halogens is 1. The molecule has 0 aliphatic heterocycles. The number of hydrogen-bond acceptors (Lipinski definition) is 4. The Bertz CT molecular complexity index is 632. The molecule has 0 spiro atoms. The van der Waals surface area contributed by atoms with E-state index in [1.54, 1.807) is 6.20 Å². The van der Waals surface area contributed by atoms with Crippen LogP contribution in [0.15, 0.2) is 12.4 Å². The van der Waals surface area contributed by atoms with Gasteiger partial charge in [-0.15, -0.1) is 5.10 Å². The molecule has 7 nitrogen and oxygen atoms in total. The van der Waals surface area contributed by atoms with Crippen LogP contribution in [0.4, 0.5) is 0 Å². The third kappa shape index (κ3) is 3.41. The third-order valence-corrected chi connectivity index (χ3v) is 3.81. The topological polar surface area (TPSA) is 88.5 Å². The predicted octanol–water partition coefficient (Wildman–Crippen LogP) is 1.39. The monoisotopic (exact) mass is 308 g/mol. The largest absolute Gasteiger partial charge is 0.346 e. The third-order valence-electron chi connectivity index (χ3n) is 3.64. The maximum absolute atomic E-state index is 12.1. The normalized spacial score (nSPS) is 15.9. The molecule has 21 heavy (non-hydrogen) atoms. The maximum atomic E-state index is 12.1. The first kappa shape index (κ1) is 14.1. The van der Waals surface area contributed by atoms with E-state index in [-0.39, 0.29) is 17.2 Å². The van der Waals surface area contributed by atoms with E-state index in [4.69, 9.17) is 11.6 Å². The van der Waals surface area contributed by atoms with E-state index in [9.17, 15) is 4.79 Å². The Morgan fingerprint density at radius 2 is 2.43 bits per heavy atom. The summed E-state index contributed by atoms with van der Waals surface area (Å²) in [6.45, 7) is 0. The molecule has 1 aliphatic rings. The second kappa shape index (κ2) is 5.85. The van der Waals surface area contributed by atoms with E-state index in [1.807, 2.05) is 17.8 Å². The summed E-state index contributed by atoms with van der Waals surface area (Å²) >= 11 is 5.63. The molecule has 0 aromatic carbocycles. The van der Waals surface area contributed by atoms with Gasteiger partial charge in [0, 0.05) is 32.3 Å². The molecule has 0 saturated heterocycles. The summed E-state index contributed by atoms with van der Waals surface area (Å²) < 4.78 is 1.96. The number of rotatable bonds is 6. The molecule has 1 unspecified atom stereocenters. The molecule has 2 N–H and O–H groups in total. The number of carbonyl (C=O) groups is 1. The van der Waals surface area contributed by atoms with Gasteiger partial charge in [0.05, 0.1) is 6.04 Å². The number of imidazole rings is 1. The Kier molecular flexibility index (Phi) is 3.92. The van der Waals surface area contributed by atoms with Gasteiger partial charge in [0.15, 0.2) is 0 Å². The number of aromatic amines is 1. The number of nitrogens with zero attached hydrogens (tertiary/aromatic N) is 4. The molecular weight excluding hydrogens is 292 g/mol. The van der Waals surface area contributed by atoms with Crippen molar-refractivity contribution in [3.8, 4) is 0 Å². The Morgan fingerprint density at radius 3 is 3.00 bits per heavy atom. The maximum Gasteiger partial charge on any atom is 0.242 e. The number of carbonyl (C=O) groups excluding carboxylic acids is 1. The zero-order valence-electron chi connectivity index (χ0n) is 11.7. The molecule has 1 atom stereocenters. The summed E-state index contributed by atoms with van der Waals surface area (Å²) in [5.41, 5.74) is 0. The van der Waals surface area contributed by atoms with Crippen LogP contribution in [0, 0.1) is 5.92 Å². The van der Waals surface area contributed by atoms with E-state index in [0.29, 0.717) is 24.6 Å². The van der Waals surface area contributed by atoms with Gasteiger partial charge in [-0.1, -0.05) is 0 Å². The summed E-state index contributed by atoms with van der Waals surface area (Å²) in [6.07, 6.45) is 6.76. The Morgan fingerprint density at radius 1 is 1.62 bits per heavy atom. The van der Waals surface area contributed by atoms with Gasteiger partial charge < -0.3 is 9.88 Å². The minimum Gasteiger partial charge on any atom is -0.346 e. The molecule has 112 valence electrons. The molecule has 2 aromatic rings. The highest BCUT2D eigenvalue weighted by atomic mass is 35.5. The zero-order chi connectivity index (χ0) is 14.8. The summed E-state index contributed by atoms with van der Waals surface area (Å²) in [6, 6.07) is -0.00388. The summed E-state index contributed by atoms with van der Waals surface area (Å²) in [5.74, 6) is 2.01. The van der Waals surface area contributed by atoms with Crippen LogP contribution in [0.2, 0.25) is 5.28 Å². The lowest BCUT2D eigenvalue weighted by Gasteiger charge is -2.18. The van der Waals surface area contributed by atoms with Crippen LogP contribution in [0.5, 0.6) is 0 Å². The van der Waals surface area contributed by atoms with Gasteiger partial charge in [0.1, 0.15) is 11.6 Å². The van der Waals surface area contributed by atoms with Crippen molar-refractivity contribution in [1.29, 1.82) is 0 Å².